The summed E-state index contributed by atoms with van der Waals surface area (Å²) in [6, 6.07) is 36.3. The predicted molar refractivity (Wildman–Crippen MR) is 172 cm³/mol. The van der Waals surface area contributed by atoms with Crippen molar-refractivity contribution in [2.24, 2.45) is 5.92 Å². The van der Waals surface area contributed by atoms with Crippen LogP contribution in [0.15, 0.2) is 109 Å². The number of aromatic nitrogens is 2. The Morgan fingerprint density at radius 1 is 0.727 bits per heavy atom. The fourth-order valence-electron chi connectivity index (χ4n) is 6.94. The van der Waals surface area contributed by atoms with Crippen molar-refractivity contribution in [2.45, 2.75) is 25.4 Å². The number of amides is 1. The van der Waals surface area contributed by atoms with E-state index in [1.807, 2.05) is 18.2 Å². The van der Waals surface area contributed by atoms with Crippen LogP contribution in [-0.2, 0) is 11.3 Å². The first-order chi connectivity index (χ1) is 21.6. The van der Waals surface area contributed by atoms with E-state index in [0.717, 1.165) is 74.7 Å². The lowest BCUT2D eigenvalue weighted by atomic mass is 9.94. The molecule has 2 aliphatic heterocycles. The van der Waals surface area contributed by atoms with Crippen LogP contribution in [0.4, 0.5) is 4.39 Å². The average molecular weight is 588 g/mol. The minimum atomic E-state index is -0.250. The van der Waals surface area contributed by atoms with Crippen molar-refractivity contribution in [3.63, 3.8) is 0 Å². The lowest BCUT2D eigenvalue weighted by Crippen LogP contribution is -2.52. The van der Waals surface area contributed by atoms with E-state index in [9.17, 15) is 9.18 Å². The highest BCUT2D eigenvalue weighted by Crippen LogP contribution is 2.31. The van der Waals surface area contributed by atoms with Gasteiger partial charge in [0.2, 0.25) is 5.91 Å². The number of carbonyl (C=O) groups excluding carboxylic acids is 1. The van der Waals surface area contributed by atoms with Crippen LogP contribution in [0.1, 0.15) is 35.8 Å². The maximum absolute atomic E-state index is 13.7. The van der Waals surface area contributed by atoms with E-state index < -0.39 is 0 Å². The van der Waals surface area contributed by atoms with Gasteiger partial charge in [-0.25, -0.2) is 9.37 Å². The van der Waals surface area contributed by atoms with Crippen molar-refractivity contribution < 1.29 is 9.18 Å². The number of benzene rings is 4. The smallest absolute Gasteiger partial charge is 0.225 e. The number of piperazine rings is 1. The number of likely N-dealkylation sites (tertiary alicyclic amines) is 1. The fourth-order valence-corrected chi connectivity index (χ4v) is 6.94. The summed E-state index contributed by atoms with van der Waals surface area (Å²) in [5.74, 6) is 1.05. The number of imidazole rings is 1. The summed E-state index contributed by atoms with van der Waals surface area (Å²) >= 11 is 0. The molecule has 3 heterocycles. The summed E-state index contributed by atoms with van der Waals surface area (Å²) in [4.78, 5) is 25.6. The van der Waals surface area contributed by atoms with Gasteiger partial charge in [0.15, 0.2) is 0 Å². The van der Waals surface area contributed by atoms with E-state index in [1.165, 1.54) is 23.3 Å². The maximum atomic E-state index is 13.7. The molecule has 1 amide bonds. The Balaban J connectivity index is 0.980. The van der Waals surface area contributed by atoms with Crippen LogP contribution in [0.5, 0.6) is 0 Å². The molecule has 4 aromatic carbocycles. The van der Waals surface area contributed by atoms with E-state index in [1.54, 1.807) is 12.1 Å². The SMILES string of the molecule is O=C(C1CCN(Cc2nc3ccccc3n2-c2ccc(F)cc2)CC1)N1CCN(C(c2ccccc2)c2ccccc2)CC1. The summed E-state index contributed by atoms with van der Waals surface area (Å²) in [6.45, 7) is 5.64. The van der Waals surface area contributed by atoms with Crippen molar-refractivity contribution in [2.75, 3.05) is 39.3 Å². The molecule has 7 heteroatoms. The lowest BCUT2D eigenvalue weighted by Gasteiger charge is -2.41. The first-order valence-corrected chi connectivity index (χ1v) is 15.7. The van der Waals surface area contributed by atoms with Crippen LogP contribution >= 0.6 is 0 Å². The van der Waals surface area contributed by atoms with Gasteiger partial charge in [-0.1, -0.05) is 72.8 Å². The van der Waals surface area contributed by atoms with Crippen LogP contribution < -0.4 is 0 Å². The average Bonchev–Trinajstić information content (AvgIpc) is 3.44. The van der Waals surface area contributed by atoms with Crippen LogP contribution in [0.25, 0.3) is 16.7 Å². The molecule has 0 radical (unpaired) electrons. The van der Waals surface area contributed by atoms with E-state index in [0.29, 0.717) is 12.5 Å². The predicted octanol–water partition coefficient (Wildman–Crippen LogP) is 6.31. The largest absolute Gasteiger partial charge is 0.340 e. The Morgan fingerprint density at radius 2 is 1.32 bits per heavy atom. The Bertz CT molecular complexity index is 1650. The number of para-hydroxylation sites is 2. The zero-order chi connectivity index (χ0) is 29.9. The van der Waals surface area contributed by atoms with Crippen molar-refractivity contribution in [1.82, 2.24) is 24.3 Å². The second-order valence-corrected chi connectivity index (χ2v) is 12.0. The van der Waals surface area contributed by atoms with Gasteiger partial charge in [-0.05, 0) is 73.5 Å². The second kappa shape index (κ2) is 12.7. The normalized spacial score (nSPS) is 17.0. The molecule has 6 nitrogen and oxygen atoms in total. The maximum Gasteiger partial charge on any atom is 0.225 e. The van der Waals surface area contributed by atoms with E-state index in [-0.39, 0.29) is 17.8 Å². The number of rotatable bonds is 7. The number of fused-ring (bicyclic) bond motifs is 1. The van der Waals surface area contributed by atoms with Crippen LogP contribution in [0.3, 0.4) is 0 Å². The van der Waals surface area contributed by atoms with Gasteiger partial charge in [0.05, 0.1) is 23.6 Å². The third kappa shape index (κ3) is 5.90. The third-order valence-corrected chi connectivity index (χ3v) is 9.24. The first-order valence-electron chi connectivity index (χ1n) is 15.7. The summed E-state index contributed by atoms with van der Waals surface area (Å²) in [7, 11) is 0. The number of piperidine rings is 1. The van der Waals surface area contributed by atoms with Crippen molar-refractivity contribution in [3.05, 3.63) is 132 Å². The minimum Gasteiger partial charge on any atom is -0.340 e. The van der Waals surface area contributed by atoms with Gasteiger partial charge in [0, 0.05) is 37.8 Å². The molecule has 0 bridgehead atoms. The summed E-state index contributed by atoms with van der Waals surface area (Å²) in [5.41, 5.74) is 5.43. The minimum absolute atomic E-state index is 0.0627. The molecule has 0 aliphatic carbocycles. The van der Waals surface area contributed by atoms with Gasteiger partial charge in [0.1, 0.15) is 11.6 Å². The van der Waals surface area contributed by atoms with Gasteiger partial charge >= 0.3 is 0 Å². The zero-order valence-corrected chi connectivity index (χ0v) is 24.9. The molecule has 0 unspecified atom stereocenters. The standard InChI is InChI=1S/C37H38FN5O/c38-31-15-17-32(18-16-31)43-34-14-8-7-13-33(34)39-35(43)27-40-21-19-30(20-22-40)37(44)42-25-23-41(24-26-42)36(28-9-3-1-4-10-28)29-11-5-2-6-12-29/h1-18,30,36H,19-27H2. The van der Waals surface area contributed by atoms with Crippen molar-refractivity contribution in [3.8, 4) is 5.69 Å². The molecule has 1 aromatic heterocycles. The van der Waals surface area contributed by atoms with Gasteiger partial charge in [-0.15, -0.1) is 0 Å². The molecule has 224 valence electrons. The summed E-state index contributed by atoms with van der Waals surface area (Å²) in [5, 5.41) is 0. The molecule has 44 heavy (non-hydrogen) atoms. The Hall–Kier alpha value is -4.33. The quantitative estimate of drug-likeness (QED) is 0.224. The molecule has 0 saturated carbocycles. The Morgan fingerprint density at radius 3 is 1.95 bits per heavy atom. The molecule has 0 atom stereocenters. The van der Waals surface area contributed by atoms with Crippen molar-refractivity contribution >= 4 is 16.9 Å². The molecule has 7 rings (SSSR count). The van der Waals surface area contributed by atoms with Gasteiger partial charge in [-0.3, -0.25) is 19.2 Å². The summed E-state index contributed by atoms with van der Waals surface area (Å²) < 4.78 is 15.8. The fraction of sp³-hybridized carbons (Fsp3) is 0.297. The van der Waals surface area contributed by atoms with E-state index in [2.05, 4.69) is 86.0 Å². The molecular formula is C37H38FN5O. The molecule has 0 spiro atoms. The molecular weight excluding hydrogens is 549 g/mol. The van der Waals surface area contributed by atoms with Gasteiger partial charge in [-0.2, -0.15) is 0 Å². The molecule has 2 fully saturated rings. The number of hydrogen-bond acceptors (Lipinski definition) is 4. The number of hydrogen-bond donors (Lipinski definition) is 0. The van der Waals surface area contributed by atoms with Gasteiger partial charge < -0.3 is 4.90 Å². The van der Waals surface area contributed by atoms with E-state index >= 15 is 0 Å². The lowest BCUT2D eigenvalue weighted by molar-refractivity contribution is -0.139. The molecule has 2 aliphatic rings. The highest BCUT2D eigenvalue weighted by Gasteiger charge is 2.33. The topological polar surface area (TPSA) is 44.6 Å². The highest BCUT2D eigenvalue weighted by molar-refractivity contribution is 5.79. The first kappa shape index (κ1) is 28.4. The Kier molecular flexibility index (Phi) is 8.22. The number of halogens is 1. The highest BCUT2D eigenvalue weighted by atomic mass is 19.1. The molecule has 0 N–H and O–H groups in total. The number of carbonyl (C=O) groups is 1. The zero-order valence-electron chi connectivity index (χ0n) is 24.9. The van der Waals surface area contributed by atoms with E-state index in [4.69, 9.17) is 4.98 Å². The van der Waals surface area contributed by atoms with Gasteiger partial charge in [0.25, 0.3) is 0 Å². The van der Waals surface area contributed by atoms with Crippen LogP contribution in [0, 0.1) is 11.7 Å². The number of nitrogens with zero attached hydrogens (tertiary/aromatic N) is 5. The third-order valence-electron chi connectivity index (χ3n) is 9.24. The molecule has 5 aromatic rings. The second-order valence-electron chi connectivity index (χ2n) is 12.0. The summed E-state index contributed by atoms with van der Waals surface area (Å²) in [6.07, 6.45) is 1.71. The van der Waals surface area contributed by atoms with Crippen molar-refractivity contribution in [1.29, 1.82) is 0 Å². The van der Waals surface area contributed by atoms with Crippen LogP contribution in [0.2, 0.25) is 0 Å². The molecule has 2 saturated heterocycles. The monoisotopic (exact) mass is 587 g/mol. The Labute approximate surface area is 258 Å². The van der Waals surface area contributed by atoms with Crippen LogP contribution in [-0.4, -0.2) is 69.4 Å².